The molecule has 0 aromatic carbocycles. The summed E-state index contributed by atoms with van der Waals surface area (Å²) in [5, 5.41) is 8.59. The van der Waals surface area contributed by atoms with Crippen LogP contribution in [0.3, 0.4) is 0 Å². The summed E-state index contributed by atoms with van der Waals surface area (Å²) in [6, 6.07) is 0. The molecule has 0 radical (unpaired) electrons. The van der Waals surface area contributed by atoms with Gasteiger partial charge < -0.3 is 10.8 Å². The van der Waals surface area contributed by atoms with Crippen molar-refractivity contribution in [2.45, 2.75) is 31.7 Å². The number of carboxylic acids is 1. The van der Waals surface area contributed by atoms with E-state index in [1.807, 2.05) is 0 Å². The van der Waals surface area contributed by atoms with Gasteiger partial charge in [0.1, 0.15) is 5.54 Å². The van der Waals surface area contributed by atoms with E-state index in [0.29, 0.717) is 12.3 Å². The molecule has 58 valence electrons. The fraction of sp³-hybridized carbons (Fsp3) is 0.857. The molecule has 1 aliphatic rings. The number of hydrogen-bond donors (Lipinski definition) is 2. The van der Waals surface area contributed by atoms with Crippen LogP contribution in [0.2, 0.25) is 0 Å². The summed E-state index contributed by atoms with van der Waals surface area (Å²) in [6.45, 7) is 1.58. The van der Waals surface area contributed by atoms with E-state index in [4.69, 9.17) is 10.8 Å². The van der Waals surface area contributed by atoms with E-state index in [-0.39, 0.29) is 0 Å². The highest BCUT2D eigenvalue weighted by atomic mass is 16.4. The van der Waals surface area contributed by atoms with Crippen LogP contribution in [0.4, 0.5) is 0 Å². The van der Waals surface area contributed by atoms with E-state index in [9.17, 15) is 4.79 Å². The Balaban J connectivity index is 2.40. The zero-order valence-corrected chi connectivity index (χ0v) is 6.13. The van der Waals surface area contributed by atoms with Gasteiger partial charge >= 0.3 is 5.97 Å². The van der Waals surface area contributed by atoms with Crippen LogP contribution in [-0.4, -0.2) is 16.6 Å². The first kappa shape index (κ1) is 7.54. The minimum absolute atomic E-state index is 0.575. The Labute approximate surface area is 60.2 Å². The van der Waals surface area contributed by atoms with Crippen molar-refractivity contribution in [1.82, 2.24) is 0 Å². The highest BCUT2D eigenvalue weighted by Gasteiger charge is 2.35. The van der Waals surface area contributed by atoms with Crippen molar-refractivity contribution in [1.29, 1.82) is 0 Å². The molecule has 0 spiro atoms. The molecular formula is C7H13NO2. The molecule has 0 bridgehead atoms. The maximum absolute atomic E-state index is 10.5. The molecule has 1 fully saturated rings. The molecule has 0 heterocycles. The first-order chi connectivity index (χ1) is 4.52. The molecule has 1 saturated carbocycles. The van der Waals surface area contributed by atoms with Gasteiger partial charge in [0.2, 0.25) is 0 Å². The third-order valence-electron chi connectivity index (χ3n) is 1.90. The van der Waals surface area contributed by atoms with Crippen LogP contribution in [0, 0.1) is 5.92 Å². The number of rotatable bonds is 3. The van der Waals surface area contributed by atoms with Crippen LogP contribution in [0.1, 0.15) is 26.2 Å². The molecule has 0 aromatic rings. The predicted octanol–water partition coefficient (Wildman–Crippen LogP) is 0.589. The summed E-state index contributed by atoms with van der Waals surface area (Å²) < 4.78 is 0. The van der Waals surface area contributed by atoms with E-state index >= 15 is 0 Å². The van der Waals surface area contributed by atoms with E-state index in [1.54, 1.807) is 6.92 Å². The van der Waals surface area contributed by atoms with Gasteiger partial charge in [-0.25, -0.2) is 0 Å². The Morgan fingerprint density at radius 2 is 2.30 bits per heavy atom. The molecule has 3 nitrogen and oxygen atoms in total. The van der Waals surface area contributed by atoms with Crippen molar-refractivity contribution in [2.24, 2.45) is 11.7 Å². The predicted molar refractivity (Wildman–Crippen MR) is 37.6 cm³/mol. The molecule has 1 atom stereocenters. The van der Waals surface area contributed by atoms with E-state index < -0.39 is 11.5 Å². The van der Waals surface area contributed by atoms with Crippen LogP contribution >= 0.6 is 0 Å². The first-order valence-electron chi connectivity index (χ1n) is 3.54. The average Bonchev–Trinajstić information content (AvgIpc) is 2.48. The van der Waals surface area contributed by atoms with Gasteiger partial charge in [-0.3, -0.25) is 4.79 Å². The van der Waals surface area contributed by atoms with Gasteiger partial charge in [0.15, 0.2) is 0 Å². The molecule has 0 saturated heterocycles. The second-order valence-corrected chi connectivity index (χ2v) is 3.37. The standard InChI is InChI=1S/C7H13NO2/c1-7(8,6(9)10)4-5-2-3-5/h5H,2-4,8H2,1H3,(H,9,10)/t7-/m0/s1. The zero-order chi connectivity index (χ0) is 7.78. The number of hydrogen-bond acceptors (Lipinski definition) is 2. The maximum atomic E-state index is 10.5. The highest BCUT2D eigenvalue weighted by molar-refractivity contribution is 5.77. The van der Waals surface area contributed by atoms with Gasteiger partial charge in [-0.05, 0) is 19.3 Å². The van der Waals surface area contributed by atoms with E-state index in [0.717, 1.165) is 12.8 Å². The fourth-order valence-corrected chi connectivity index (χ4v) is 1.01. The third kappa shape index (κ3) is 1.70. The Kier molecular flexibility index (Phi) is 1.68. The van der Waals surface area contributed by atoms with Crippen molar-refractivity contribution in [3.8, 4) is 0 Å². The van der Waals surface area contributed by atoms with Gasteiger partial charge in [-0.1, -0.05) is 12.8 Å². The maximum Gasteiger partial charge on any atom is 0.323 e. The molecule has 0 aliphatic heterocycles. The lowest BCUT2D eigenvalue weighted by molar-refractivity contribution is -0.143. The van der Waals surface area contributed by atoms with Crippen molar-refractivity contribution in [2.75, 3.05) is 0 Å². The van der Waals surface area contributed by atoms with Gasteiger partial charge in [0.05, 0.1) is 0 Å². The topological polar surface area (TPSA) is 63.3 Å². The van der Waals surface area contributed by atoms with E-state index in [2.05, 4.69) is 0 Å². The van der Waals surface area contributed by atoms with Gasteiger partial charge in [-0.15, -0.1) is 0 Å². The SMILES string of the molecule is C[C@](N)(CC1CC1)C(=O)O. The number of carbonyl (C=O) groups is 1. The molecule has 0 unspecified atom stereocenters. The zero-order valence-electron chi connectivity index (χ0n) is 6.13. The van der Waals surface area contributed by atoms with E-state index in [1.165, 1.54) is 0 Å². The molecule has 1 rings (SSSR count). The molecule has 0 aromatic heterocycles. The van der Waals surface area contributed by atoms with Crippen molar-refractivity contribution in [3.05, 3.63) is 0 Å². The quantitative estimate of drug-likeness (QED) is 0.607. The lowest BCUT2D eigenvalue weighted by Crippen LogP contribution is -2.45. The second kappa shape index (κ2) is 2.23. The molecule has 10 heavy (non-hydrogen) atoms. The number of nitrogens with two attached hydrogens (primary N) is 1. The van der Waals surface area contributed by atoms with Gasteiger partial charge in [0.25, 0.3) is 0 Å². The first-order valence-corrected chi connectivity index (χ1v) is 3.54. The lowest BCUT2D eigenvalue weighted by Gasteiger charge is -2.17. The molecule has 0 amide bonds. The Morgan fingerprint density at radius 3 is 2.60 bits per heavy atom. The summed E-state index contributed by atoms with van der Waals surface area (Å²) in [7, 11) is 0. The fourth-order valence-electron chi connectivity index (χ4n) is 1.01. The normalized spacial score (nSPS) is 23.8. The van der Waals surface area contributed by atoms with Crippen molar-refractivity contribution < 1.29 is 9.90 Å². The number of aliphatic carboxylic acids is 1. The smallest absolute Gasteiger partial charge is 0.323 e. The van der Waals surface area contributed by atoms with Crippen molar-refractivity contribution >= 4 is 5.97 Å². The Bertz CT molecular complexity index is 150. The average molecular weight is 143 g/mol. The minimum atomic E-state index is -0.999. The summed E-state index contributed by atoms with van der Waals surface area (Å²) in [5.41, 5.74) is 4.50. The molecule has 1 aliphatic carbocycles. The molecular weight excluding hydrogens is 130 g/mol. The minimum Gasteiger partial charge on any atom is -0.480 e. The van der Waals surface area contributed by atoms with Crippen LogP contribution in [0.15, 0.2) is 0 Å². The van der Waals surface area contributed by atoms with Crippen LogP contribution in [0.25, 0.3) is 0 Å². The van der Waals surface area contributed by atoms with Crippen LogP contribution < -0.4 is 5.73 Å². The lowest BCUT2D eigenvalue weighted by atomic mass is 9.97. The number of carboxylic acid groups (broad SMARTS) is 1. The summed E-state index contributed by atoms with van der Waals surface area (Å²) in [5.74, 6) is -0.314. The second-order valence-electron chi connectivity index (χ2n) is 3.37. The summed E-state index contributed by atoms with van der Waals surface area (Å²) >= 11 is 0. The highest BCUT2D eigenvalue weighted by Crippen LogP contribution is 2.35. The van der Waals surface area contributed by atoms with Crippen LogP contribution in [-0.2, 0) is 4.79 Å². The molecule has 3 heteroatoms. The third-order valence-corrected chi connectivity index (χ3v) is 1.90. The van der Waals surface area contributed by atoms with Gasteiger partial charge in [-0.2, -0.15) is 0 Å². The van der Waals surface area contributed by atoms with Crippen molar-refractivity contribution in [3.63, 3.8) is 0 Å². The monoisotopic (exact) mass is 143 g/mol. The molecule has 3 N–H and O–H groups in total. The Hall–Kier alpha value is -0.570. The van der Waals surface area contributed by atoms with Crippen LogP contribution in [0.5, 0.6) is 0 Å². The Morgan fingerprint density at radius 1 is 1.80 bits per heavy atom. The largest absolute Gasteiger partial charge is 0.480 e. The summed E-state index contributed by atoms with van der Waals surface area (Å²) in [6.07, 6.45) is 2.93. The van der Waals surface area contributed by atoms with Gasteiger partial charge in [0, 0.05) is 0 Å². The summed E-state index contributed by atoms with van der Waals surface area (Å²) in [4.78, 5) is 10.5.